The second-order valence-electron chi connectivity index (χ2n) is 25.2. The van der Waals surface area contributed by atoms with Gasteiger partial charge >= 0.3 is 24.1 Å². The Morgan fingerprint density at radius 3 is 1.93 bits per heavy atom. The number of carboxylic acids is 1. The number of nitrogens with zero attached hydrogens (tertiary/aromatic N) is 4. The molecule has 6 fully saturated rings. The van der Waals surface area contributed by atoms with Gasteiger partial charge < -0.3 is 33.9 Å². The third-order valence-corrected chi connectivity index (χ3v) is 17.7. The van der Waals surface area contributed by atoms with E-state index in [1.807, 2.05) is 79.7 Å². The number of hydrogen-bond acceptors (Lipinski definition) is 13. The van der Waals surface area contributed by atoms with Crippen LogP contribution in [0.4, 0.5) is 13.2 Å². The van der Waals surface area contributed by atoms with Crippen molar-refractivity contribution < 1.29 is 66.0 Å². The second kappa shape index (κ2) is 30.8. The molecule has 2 aliphatic heterocycles. The summed E-state index contributed by atoms with van der Waals surface area (Å²) in [6, 6.07) is 12.7. The number of aliphatic carboxylic acids is 1. The minimum absolute atomic E-state index is 0. The number of carbonyl (C=O) groups is 6. The smallest absolute Gasteiger partial charge is 0.418 e. The maximum Gasteiger partial charge on any atom is 0.418 e. The van der Waals surface area contributed by atoms with Crippen LogP contribution in [0.15, 0.2) is 54.0 Å². The predicted octanol–water partition coefficient (Wildman–Crippen LogP) is 15.3. The van der Waals surface area contributed by atoms with Crippen LogP contribution in [0.25, 0.3) is 0 Å². The number of aromatic nitrogens is 1. The lowest BCUT2D eigenvalue weighted by Crippen LogP contribution is -2.68. The van der Waals surface area contributed by atoms with E-state index in [0.29, 0.717) is 68.6 Å². The number of carbonyl (C=O) groups excluding carboxylic acids is 5. The number of esters is 2. The number of benzene rings is 1. The van der Waals surface area contributed by atoms with Crippen LogP contribution in [0.1, 0.15) is 205 Å². The summed E-state index contributed by atoms with van der Waals surface area (Å²) in [6.07, 6.45) is 8.82. The highest BCUT2D eigenvalue weighted by atomic mass is 79.9. The highest BCUT2D eigenvalue weighted by Gasteiger charge is 2.57. The van der Waals surface area contributed by atoms with Crippen LogP contribution in [0.5, 0.6) is 11.5 Å². The summed E-state index contributed by atoms with van der Waals surface area (Å²) in [4.78, 5) is 81.4. The highest BCUT2D eigenvalue weighted by Crippen LogP contribution is 2.52. The summed E-state index contributed by atoms with van der Waals surface area (Å²) in [5.74, 6) is -0.628. The molecule has 0 spiro atoms. The van der Waals surface area contributed by atoms with E-state index in [1.54, 1.807) is 16.3 Å². The number of rotatable bonds is 19. The number of aryl methyl sites for hydroxylation is 1. The van der Waals surface area contributed by atoms with Gasteiger partial charge in [-0.2, -0.15) is 18.4 Å². The van der Waals surface area contributed by atoms with Crippen LogP contribution in [-0.2, 0) is 45.0 Å². The van der Waals surface area contributed by atoms with E-state index in [-0.39, 0.29) is 105 Å². The molecule has 4 saturated carbocycles. The Bertz CT molecular complexity index is 2820. The summed E-state index contributed by atoms with van der Waals surface area (Å²) in [7, 11) is 0. The fourth-order valence-corrected chi connectivity index (χ4v) is 11.7. The van der Waals surface area contributed by atoms with Crippen LogP contribution in [0.3, 0.4) is 0 Å². The summed E-state index contributed by atoms with van der Waals surface area (Å²) in [5.41, 5.74) is -5.16. The van der Waals surface area contributed by atoms with Crippen LogP contribution >= 0.6 is 38.9 Å². The summed E-state index contributed by atoms with van der Waals surface area (Å²) in [6.45, 7) is 16.1. The van der Waals surface area contributed by atoms with Gasteiger partial charge in [0.25, 0.3) is 11.8 Å². The van der Waals surface area contributed by atoms with Crippen molar-refractivity contribution in [1.29, 1.82) is 5.26 Å². The zero-order chi connectivity index (χ0) is 61.9. The molecule has 0 bridgehead atoms. The van der Waals surface area contributed by atoms with E-state index in [9.17, 15) is 47.5 Å². The molecule has 15 nitrogen and oxygen atoms in total. The van der Waals surface area contributed by atoms with E-state index in [2.05, 4.69) is 27.0 Å². The molecular weight excluding hydrogens is 1220 g/mol. The maximum absolute atomic E-state index is 15.0. The first-order chi connectivity index (χ1) is 39.5. The van der Waals surface area contributed by atoms with E-state index in [4.69, 9.17) is 30.5 Å². The predicted molar refractivity (Wildman–Crippen MR) is 330 cm³/mol. The minimum Gasteiger partial charge on any atom is -0.493 e. The molecule has 0 unspecified atom stereocenters. The molecule has 2 aromatic heterocycles. The van der Waals surface area contributed by atoms with Crippen molar-refractivity contribution in [3.63, 3.8) is 0 Å². The number of amides is 2. The van der Waals surface area contributed by atoms with Gasteiger partial charge in [-0.05, 0) is 187 Å². The third kappa shape index (κ3) is 19.9. The first-order valence-corrected chi connectivity index (χ1v) is 31.8. The van der Waals surface area contributed by atoms with Gasteiger partial charge in [0, 0.05) is 59.3 Å². The Kier molecular flexibility index (Phi) is 26.2. The molecule has 4 aliphatic carbocycles. The molecule has 1 N–H and O–H groups in total. The molecule has 4 heterocycles. The molecular formula is C65H91BrClF3N4O11S. The lowest BCUT2D eigenvalue weighted by atomic mass is 9.72. The summed E-state index contributed by atoms with van der Waals surface area (Å²) in [5, 5.41) is 22.8. The van der Waals surface area contributed by atoms with Crippen molar-refractivity contribution in [1.82, 2.24) is 14.8 Å². The van der Waals surface area contributed by atoms with Crippen molar-refractivity contribution >= 4 is 73.8 Å². The van der Waals surface area contributed by atoms with E-state index in [0.717, 1.165) is 79.9 Å². The zero-order valence-electron chi connectivity index (χ0n) is 49.8. The average molecular weight is 1310 g/mol. The third-order valence-electron chi connectivity index (χ3n) is 15.9. The number of piperidine rings is 2. The average Bonchev–Trinajstić information content (AvgIpc) is 2.21. The first-order valence-electron chi connectivity index (χ1n) is 29.4. The Morgan fingerprint density at radius 2 is 1.44 bits per heavy atom. The zero-order valence-corrected chi connectivity index (χ0v) is 53.0. The van der Waals surface area contributed by atoms with Crippen molar-refractivity contribution in [2.75, 3.05) is 31.6 Å². The van der Waals surface area contributed by atoms with Crippen LogP contribution in [-0.4, -0.2) is 109 Å². The fourth-order valence-electron chi connectivity index (χ4n) is 10.6. The molecule has 86 heavy (non-hydrogen) atoms. The summed E-state index contributed by atoms with van der Waals surface area (Å²) < 4.78 is 65.6. The van der Waals surface area contributed by atoms with Crippen molar-refractivity contribution in [2.24, 2.45) is 22.7 Å². The Morgan fingerprint density at radius 1 is 0.837 bits per heavy atom. The molecule has 1 aromatic carbocycles. The van der Waals surface area contributed by atoms with Gasteiger partial charge in [-0.15, -0.1) is 11.3 Å². The van der Waals surface area contributed by atoms with Crippen LogP contribution in [0, 0.1) is 40.9 Å². The number of alkyl halides is 4. The number of likely N-dealkylation sites (tertiary alicyclic amines) is 2. The van der Waals surface area contributed by atoms with Gasteiger partial charge in [0.2, 0.25) is 10.8 Å². The molecule has 2 saturated heterocycles. The number of pyridine rings is 1. The van der Waals surface area contributed by atoms with Crippen molar-refractivity contribution in [3.8, 4) is 17.6 Å². The fraction of sp³-hybridized carbons (Fsp3) is 0.662. The standard InChI is InChI=1S/C40H45F3N4O6S.C11H19BrO2.C8H14O2.C4H5ClO.2CH4/c1-3-9-32-39(53-28-24-27(2)54-25-28,14-7-20-47(32)34(48)33-30(40(41,42)43)11-6-19-45-33)35(49)46-21-17-38(26-44,18-22-46)29-10-4-5-12-31(29)52-23-8-13-37(15-16-37)36(50)51;1-10(2,3)14-9(13)11(6-7-11)5-4-8-12;1-8(2,3)10-7(9)6-4-5-6;5-4(6)3-1-2-3;;/h4-6,10-12,19,24-25,32H,3,7-9,13-18,20-23H2,1-2H3,(H,50,51);4-8H2,1-3H3;6H,4-5H2,1-3H3;3H,1-2H2;2*1H4/t32-,39+;;;;;/m1...../s1. The van der Waals surface area contributed by atoms with E-state index >= 15 is 4.79 Å². The van der Waals surface area contributed by atoms with Gasteiger partial charge in [0.1, 0.15) is 28.4 Å². The Hall–Kier alpha value is -5.26. The van der Waals surface area contributed by atoms with Crippen LogP contribution in [0.2, 0.25) is 0 Å². The Balaban J connectivity index is 0.000000400. The number of nitriles is 1. The van der Waals surface area contributed by atoms with E-state index < -0.39 is 51.8 Å². The number of halogens is 5. The van der Waals surface area contributed by atoms with Gasteiger partial charge in [-0.25, -0.2) is 0 Å². The second-order valence-corrected chi connectivity index (χ2v) is 27.5. The summed E-state index contributed by atoms with van der Waals surface area (Å²) >= 11 is 9.86. The monoisotopic (exact) mass is 1310 g/mol. The minimum atomic E-state index is -4.81. The molecule has 478 valence electrons. The highest BCUT2D eigenvalue weighted by molar-refractivity contribution is 9.09. The molecule has 9 rings (SSSR count). The quantitative estimate of drug-likeness (QED) is 0.0514. The molecule has 0 radical (unpaired) electrons. The van der Waals surface area contributed by atoms with Gasteiger partial charge in [-0.1, -0.05) is 62.3 Å². The molecule has 6 aliphatic rings. The lowest BCUT2D eigenvalue weighted by Gasteiger charge is -2.51. The van der Waals surface area contributed by atoms with Crippen molar-refractivity contribution in [3.05, 3.63) is 75.7 Å². The molecule has 21 heteroatoms. The maximum atomic E-state index is 15.0. The number of carboxylic acid groups (broad SMARTS) is 1. The number of para-hydroxylation sites is 1. The number of thiophene rings is 1. The molecule has 3 aromatic rings. The van der Waals surface area contributed by atoms with Gasteiger partial charge in [0.05, 0.1) is 46.4 Å². The topological polar surface area (TPSA) is 203 Å². The lowest BCUT2D eigenvalue weighted by molar-refractivity contribution is -0.162. The SMILES string of the molecule is C.C.CC(C)(C)OC(=O)C1(CCCBr)CC1.CC(C)(C)OC(=O)C1CC1.CCC[C@H]1N(C(=O)c2ncccc2C(F)(F)F)CCC[C@@]1(Oc1csc(C)c1)C(=O)N1CCC(C#N)(c2ccccc2OCCCC2(C(=O)O)CC2)CC1.O=C(Cl)C1CC1. The van der Waals surface area contributed by atoms with Crippen LogP contribution < -0.4 is 9.47 Å². The first kappa shape index (κ1) is 73.2. The number of hydrogen-bond donors (Lipinski definition) is 1. The van der Waals surface area contributed by atoms with E-state index in [1.165, 1.54) is 16.2 Å². The normalized spacial score (nSPS) is 20.5. The van der Waals surface area contributed by atoms with Gasteiger partial charge in [0.15, 0.2) is 0 Å². The number of ether oxygens (including phenoxy) is 4. The molecule has 2 atom stereocenters. The van der Waals surface area contributed by atoms with Crippen molar-refractivity contribution in [2.45, 2.75) is 220 Å². The van der Waals surface area contributed by atoms with Gasteiger partial charge in [-0.3, -0.25) is 33.8 Å². The molecule has 2 amide bonds. The largest absolute Gasteiger partial charge is 0.493 e. The Labute approximate surface area is 524 Å².